The summed E-state index contributed by atoms with van der Waals surface area (Å²) in [6.07, 6.45) is 1.32. The molecule has 0 bridgehead atoms. The van der Waals surface area contributed by atoms with E-state index in [9.17, 15) is 22.8 Å². The minimum absolute atomic E-state index is 0.0511. The normalized spacial score (nSPS) is 13.6. The highest BCUT2D eigenvalue weighted by atomic mass is 19.4. The van der Waals surface area contributed by atoms with Crippen LogP contribution in [0, 0.1) is 5.82 Å². The summed E-state index contributed by atoms with van der Waals surface area (Å²) in [5, 5.41) is 2.97. The largest absolute Gasteiger partial charge is 0.493 e. The molecule has 0 atom stereocenters. The number of rotatable bonds is 11. The number of nitrogens with zero attached hydrogens (tertiary/aromatic N) is 4. The van der Waals surface area contributed by atoms with Crippen LogP contribution in [0.2, 0.25) is 0 Å². The van der Waals surface area contributed by atoms with Crippen LogP contribution in [0.4, 0.5) is 23.2 Å². The predicted molar refractivity (Wildman–Crippen MR) is 195 cm³/mol. The zero-order chi connectivity index (χ0) is 37.8. The monoisotopic (exact) mass is 741 g/mol. The lowest BCUT2D eigenvalue weighted by Crippen LogP contribution is -2.31. The van der Waals surface area contributed by atoms with Gasteiger partial charge in [0.05, 0.1) is 41.5 Å². The van der Waals surface area contributed by atoms with Gasteiger partial charge in [-0.05, 0) is 80.9 Å². The number of aromatic nitrogens is 3. The van der Waals surface area contributed by atoms with E-state index in [-0.39, 0.29) is 28.2 Å². The third-order valence-corrected chi connectivity index (χ3v) is 9.15. The number of pyridine rings is 1. The number of anilines is 1. The van der Waals surface area contributed by atoms with Crippen molar-refractivity contribution < 1.29 is 36.6 Å². The number of carbonyl (C=O) groups excluding carboxylic acids is 1. The molecule has 1 amide bonds. The number of alkyl halides is 3. The van der Waals surface area contributed by atoms with E-state index in [0.29, 0.717) is 29.0 Å². The summed E-state index contributed by atoms with van der Waals surface area (Å²) in [4.78, 5) is 38.1. The van der Waals surface area contributed by atoms with Gasteiger partial charge in [0.25, 0.3) is 11.5 Å². The lowest BCUT2D eigenvalue weighted by Gasteiger charge is -2.26. The van der Waals surface area contributed by atoms with E-state index >= 15 is 4.39 Å². The summed E-state index contributed by atoms with van der Waals surface area (Å²) in [5.41, 5.74) is -2.66. The molecule has 0 unspecified atom stereocenters. The van der Waals surface area contributed by atoms with Crippen LogP contribution in [0.25, 0.3) is 27.6 Å². The van der Waals surface area contributed by atoms with E-state index < -0.39 is 40.4 Å². The first-order valence-corrected chi connectivity index (χ1v) is 17.4. The van der Waals surface area contributed by atoms with Crippen LogP contribution in [0.1, 0.15) is 41.7 Å². The second kappa shape index (κ2) is 15.5. The van der Waals surface area contributed by atoms with E-state index in [1.807, 2.05) is 0 Å². The topological polar surface area (TPSA) is 108 Å². The second-order valence-corrected chi connectivity index (χ2v) is 12.7. The lowest BCUT2D eigenvalue weighted by molar-refractivity contribution is -0.137. The number of hydrogen-bond acceptors (Lipinski definition) is 8. The van der Waals surface area contributed by atoms with Crippen molar-refractivity contribution in [1.29, 1.82) is 0 Å². The highest BCUT2D eigenvalue weighted by molar-refractivity contribution is 6.03. The summed E-state index contributed by atoms with van der Waals surface area (Å²) < 4.78 is 75.9. The molecule has 1 aliphatic rings. The number of halogens is 4. The zero-order valence-electron chi connectivity index (χ0n) is 29.2. The van der Waals surface area contributed by atoms with Gasteiger partial charge in [-0.3, -0.25) is 19.1 Å². The Bertz CT molecular complexity index is 2390. The van der Waals surface area contributed by atoms with E-state index in [0.717, 1.165) is 48.8 Å². The van der Waals surface area contributed by atoms with Crippen LogP contribution >= 0.6 is 0 Å². The number of piperidine rings is 1. The number of fused-ring (bicyclic) bond motifs is 2. The number of likely N-dealkylation sites (tertiary alicyclic amines) is 1. The van der Waals surface area contributed by atoms with Crippen LogP contribution in [-0.2, 0) is 6.18 Å². The molecular weight excluding hydrogens is 706 g/mol. The summed E-state index contributed by atoms with van der Waals surface area (Å²) in [5.74, 6) is -0.801. The SMILES string of the molecule is COc1cc2c(Oc3ccc(NC(=O)c4nc5ccccc5n(-c5ccccc5C(F)(F)F)c4=O)cc3F)ccnc2cc1OCCCN1CCCCC1. The average Bonchev–Trinajstić information content (AvgIpc) is 3.17. The maximum absolute atomic E-state index is 15.5. The fourth-order valence-corrected chi connectivity index (χ4v) is 6.54. The van der Waals surface area contributed by atoms with E-state index in [1.165, 1.54) is 75.0 Å². The Labute approximate surface area is 306 Å². The quantitative estimate of drug-likeness (QED) is 0.104. The third-order valence-electron chi connectivity index (χ3n) is 9.15. The Kier molecular flexibility index (Phi) is 10.4. The molecule has 54 heavy (non-hydrogen) atoms. The summed E-state index contributed by atoms with van der Waals surface area (Å²) in [6.45, 7) is 3.69. The summed E-state index contributed by atoms with van der Waals surface area (Å²) >= 11 is 0. The van der Waals surface area contributed by atoms with Gasteiger partial charge in [-0.1, -0.05) is 30.7 Å². The molecule has 4 aromatic carbocycles. The van der Waals surface area contributed by atoms with Crippen molar-refractivity contribution in [3.8, 4) is 28.7 Å². The van der Waals surface area contributed by atoms with Crippen LogP contribution < -0.4 is 25.1 Å². The van der Waals surface area contributed by atoms with Crippen LogP contribution in [0.15, 0.2) is 95.9 Å². The average molecular weight is 742 g/mol. The maximum atomic E-state index is 15.5. The van der Waals surface area contributed by atoms with Crippen LogP contribution in [-0.4, -0.2) is 58.7 Å². The number of carbonyl (C=O) groups is 1. The summed E-state index contributed by atoms with van der Waals surface area (Å²) in [7, 11) is 1.52. The first-order valence-electron chi connectivity index (χ1n) is 17.4. The Morgan fingerprint density at radius 1 is 0.870 bits per heavy atom. The minimum atomic E-state index is -4.79. The smallest absolute Gasteiger partial charge is 0.418 e. The number of amides is 1. The number of ether oxygens (including phenoxy) is 3. The van der Waals surface area contributed by atoms with Gasteiger partial charge in [0.2, 0.25) is 0 Å². The molecule has 1 saturated heterocycles. The molecule has 2 aromatic heterocycles. The van der Waals surface area contributed by atoms with Gasteiger partial charge in [0, 0.05) is 35.9 Å². The van der Waals surface area contributed by atoms with Gasteiger partial charge in [0.15, 0.2) is 28.8 Å². The van der Waals surface area contributed by atoms with Crippen LogP contribution in [0.3, 0.4) is 0 Å². The predicted octanol–water partition coefficient (Wildman–Crippen LogP) is 8.40. The number of hydrogen-bond donors (Lipinski definition) is 1. The molecule has 0 aliphatic carbocycles. The summed E-state index contributed by atoms with van der Waals surface area (Å²) in [6, 6.07) is 19.2. The molecule has 6 aromatic rings. The first-order chi connectivity index (χ1) is 26.1. The molecule has 3 heterocycles. The lowest BCUT2D eigenvalue weighted by atomic mass is 10.1. The number of nitrogens with one attached hydrogen (secondary N) is 1. The van der Waals surface area contributed by atoms with E-state index in [2.05, 4.69) is 20.2 Å². The van der Waals surface area contributed by atoms with Gasteiger partial charge in [-0.15, -0.1) is 0 Å². The van der Waals surface area contributed by atoms with Crippen molar-refractivity contribution in [2.45, 2.75) is 31.9 Å². The highest BCUT2D eigenvalue weighted by Gasteiger charge is 2.35. The number of benzene rings is 4. The molecule has 0 radical (unpaired) electrons. The Hall–Kier alpha value is -6.02. The standard InChI is InChI=1S/C40H35F4N5O5/c1-52-35-23-26-30(24-36(35)53-21-9-20-48-18-7-2-8-19-48)45-17-16-33(26)54-34-15-14-25(22-28(34)41)46-38(50)37-39(51)49(32-13-6-4-11-29(32)47-37)31-12-5-3-10-27(31)40(42,43)44/h3-6,10-17,22-24H,2,7-9,18-21H2,1H3,(H,46,50). The molecule has 278 valence electrons. The van der Waals surface area contributed by atoms with Crippen molar-refractivity contribution in [2.75, 3.05) is 38.7 Å². The van der Waals surface area contributed by atoms with Crippen molar-refractivity contribution >= 4 is 33.5 Å². The van der Waals surface area contributed by atoms with Gasteiger partial charge in [0.1, 0.15) is 5.75 Å². The molecule has 7 rings (SSSR count). The van der Waals surface area contributed by atoms with Gasteiger partial charge in [-0.25, -0.2) is 9.37 Å². The fraction of sp³-hybridized carbons (Fsp3) is 0.250. The van der Waals surface area contributed by atoms with Crippen molar-refractivity contribution in [2.24, 2.45) is 0 Å². The van der Waals surface area contributed by atoms with Crippen molar-refractivity contribution in [3.63, 3.8) is 0 Å². The minimum Gasteiger partial charge on any atom is -0.493 e. The Morgan fingerprint density at radius 3 is 2.43 bits per heavy atom. The maximum Gasteiger partial charge on any atom is 0.418 e. The molecule has 10 nitrogen and oxygen atoms in total. The van der Waals surface area contributed by atoms with Crippen molar-refractivity contribution in [1.82, 2.24) is 19.4 Å². The molecular formula is C40H35F4N5O5. The molecule has 1 N–H and O–H groups in total. The highest BCUT2D eigenvalue weighted by Crippen LogP contribution is 2.38. The van der Waals surface area contributed by atoms with E-state index in [4.69, 9.17) is 14.2 Å². The van der Waals surface area contributed by atoms with Crippen molar-refractivity contribution in [3.05, 3.63) is 119 Å². The molecule has 1 fully saturated rings. The molecule has 0 saturated carbocycles. The van der Waals surface area contributed by atoms with Gasteiger partial charge >= 0.3 is 6.18 Å². The van der Waals surface area contributed by atoms with E-state index in [1.54, 1.807) is 24.3 Å². The number of para-hydroxylation sites is 3. The Balaban J connectivity index is 1.10. The number of methoxy groups -OCH3 is 1. The van der Waals surface area contributed by atoms with Gasteiger partial charge in [-0.2, -0.15) is 13.2 Å². The fourth-order valence-electron chi connectivity index (χ4n) is 6.54. The molecule has 14 heteroatoms. The Morgan fingerprint density at radius 2 is 1.65 bits per heavy atom. The first kappa shape index (κ1) is 36.3. The third kappa shape index (κ3) is 7.69. The zero-order valence-corrected chi connectivity index (χ0v) is 29.2. The van der Waals surface area contributed by atoms with Crippen LogP contribution in [0.5, 0.6) is 23.0 Å². The second-order valence-electron chi connectivity index (χ2n) is 12.7. The molecule has 1 aliphatic heterocycles. The molecule has 0 spiro atoms. The van der Waals surface area contributed by atoms with Gasteiger partial charge < -0.3 is 24.4 Å².